The summed E-state index contributed by atoms with van der Waals surface area (Å²) < 4.78 is 16.9. The van der Waals surface area contributed by atoms with Crippen molar-refractivity contribution >= 4 is 17.9 Å². The summed E-state index contributed by atoms with van der Waals surface area (Å²) in [6.07, 6.45) is 10.7. The molecule has 8 atom stereocenters. The van der Waals surface area contributed by atoms with Gasteiger partial charge in [0.05, 0.1) is 0 Å². The fraction of sp³-hybridized carbons (Fsp3) is 0.741. The van der Waals surface area contributed by atoms with Gasteiger partial charge in [0, 0.05) is 25.3 Å². The molecule has 0 aromatic heterocycles. The number of hydrogen-bond acceptors (Lipinski definition) is 6. The van der Waals surface area contributed by atoms with E-state index in [9.17, 15) is 14.4 Å². The Labute approximate surface area is 196 Å². The number of hydrogen-bond donors (Lipinski definition) is 0. The molecule has 6 nitrogen and oxygen atoms in total. The Kier molecular flexibility index (Phi) is 5.49. The van der Waals surface area contributed by atoms with Gasteiger partial charge in [0.15, 0.2) is 0 Å². The van der Waals surface area contributed by atoms with Crippen LogP contribution in [0.3, 0.4) is 0 Å². The Morgan fingerprint density at radius 1 is 1.06 bits per heavy atom. The Bertz CT molecular complexity index is 933. The van der Waals surface area contributed by atoms with Gasteiger partial charge in [-0.25, -0.2) is 4.79 Å². The molecule has 0 spiro atoms. The zero-order chi connectivity index (χ0) is 23.5. The van der Waals surface area contributed by atoms with E-state index in [1.807, 2.05) is 0 Å². The normalized spacial score (nSPS) is 43.9. The predicted octanol–water partition coefficient (Wildman–Crippen LogP) is 4.52. The lowest BCUT2D eigenvalue weighted by Gasteiger charge is -2.61. The van der Waals surface area contributed by atoms with Crippen LogP contribution < -0.4 is 0 Å². The molecular formula is C27H36O6. The Morgan fingerprint density at radius 2 is 1.82 bits per heavy atom. The van der Waals surface area contributed by atoms with Crippen molar-refractivity contribution in [3.05, 3.63) is 23.3 Å². The van der Waals surface area contributed by atoms with Gasteiger partial charge in [0.2, 0.25) is 0 Å². The van der Waals surface area contributed by atoms with E-state index in [0.717, 1.165) is 50.5 Å². The van der Waals surface area contributed by atoms with Gasteiger partial charge in [-0.15, -0.1) is 0 Å². The number of rotatable bonds is 3. The van der Waals surface area contributed by atoms with E-state index in [-0.39, 0.29) is 46.9 Å². The van der Waals surface area contributed by atoms with Crippen molar-refractivity contribution in [2.75, 3.05) is 6.61 Å². The highest BCUT2D eigenvalue weighted by atomic mass is 16.5. The standard InChI is InChI=1S/C27H36O6/c1-15(28)32-19-9-10-26(3)18(12-19)5-6-20-22-8-7-21(17-11-25(30)31-14-17)27(22,4)24(13-23(20)26)33-16(2)29/h8,11,18-21,23-24H,5-7,9-10,12-14H2,1-4H3/t18-,19+,20+,21-,23+,24-,26+,27-/m1/s1. The minimum Gasteiger partial charge on any atom is -0.463 e. The summed E-state index contributed by atoms with van der Waals surface area (Å²) in [6, 6.07) is 0. The van der Waals surface area contributed by atoms with Gasteiger partial charge >= 0.3 is 17.9 Å². The van der Waals surface area contributed by atoms with E-state index >= 15 is 0 Å². The fourth-order valence-corrected chi connectivity index (χ4v) is 8.35. The van der Waals surface area contributed by atoms with Gasteiger partial charge in [-0.3, -0.25) is 9.59 Å². The topological polar surface area (TPSA) is 78.9 Å². The third-order valence-electron chi connectivity index (χ3n) is 9.87. The molecular weight excluding hydrogens is 420 g/mol. The van der Waals surface area contributed by atoms with Gasteiger partial charge in [0.1, 0.15) is 18.8 Å². The SMILES string of the molecule is CC(=O)O[C@H]1CC[C@@]2(C)[C@H](CC[C@H]3C4=CC[C@H](C5=CC(=O)OC5)[C@@]4(C)[C@H](OC(C)=O)C[C@@H]32)C1. The molecule has 0 amide bonds. The quantitative estimate of drug-likeness (QED) is 0.353. The van der Waals surface area contributed by atoms with Crippen molar-refractivity contribution in [2.24, 2.45) is 34.5 Å². The highest BCUT2D eigenvalue weighted by Crippen LogP contribution is 2.67. The van der Waals surface area contributed by atoms with E-state index in [1.54, 1.807) is 6.08 Å². The lowest BCUT2D eigenvalue weighted by atomic mass is 9.45. The first-order valence-corrected chi connectivity index (χ1v) is 12.5. The van der Waals surface area contributed by atoms with E-state index in [0.29, 0.717) is 24.4 Å². The Balaban J connectivity index is 1.46. The molecule has 0 unspecified atom stereocenters. The molecule has 0 aromatic rings. The number of ether oxygens (including phenoxy) is 3. The van der Waals surface area contributed by atoms with Crippen molar-refractivity contribution in [1.82, 2.24) is 0 Å². The van der Waals surface area contributed by atoms with Gasteiger partial charge < -0.3 is 14.2 Å². The summed E-state index contributed by atoms with van der Waals surface area (Å²) in [5, 5.41) is 0. The average molecular weight is 457 g/mol. The molecule has 0 aromatic carbocycles. The monoisotopic (exact) mass is 456 g/mol. The first-order valence-electron chi connectivity index (χ1n) is 12.5. The lowest BCUT2D eigenvalue weighted by molar-refractivity contribution is -0.169. The molecule has 0 bridgehead atoms. The van der Waals surface area contributed by atoms with E-state index in [1.165, 1.54) is 19.4 Å². The maximum Gasteiger partial charge on any atom is 0.331 e. The summed E-state index contributed by atoms with van der Waals surface area (Å²) >= 11 is 0. The second-order valence-corrected chi connectivity index (χ2v) is 11.4. The number of fused-ring (bicyclic) bond motifs is 5. The number of carbonyl (C=O) groups is 3. The van der Waals surface area contributed by atoms with Crippen molar-refractivity contribution in [3.8, 4) is 0 Å². The van der Waals surface area contributed by atoms with Crippen LogP contribution in [0.25, 0.3) is 0 Å². The fourth-order valence-electron chi connectivity index (χ4n) is 8.35. The first-order chi connectivity index (χ1) is 15.6. The van der Waals surface area contributed by atoms with Crippen LogP contribution in [-0.2, 0) is 28.6 Å². The van der Waals surface area contributed by atoms with Gasteiger partial charge in [-0.05, 0) is 79.6 Å². The highest BCUT2D eigenvalue weighted by Gasteiger charge is 2.62. The molecule has 6 heteroatoms. The predicted molar refractivity (Wildman–Crippen MR) is 121 cm³/mol. The second-order valence-electron chi connectivity index (χ2n) is 11.4. The zero-order valence-electron chi connectivity index (χ0n) is 20.2. The van der Waals surface area contributed by atoms with Crippen LogP contribution in [0.4, 0.5) is 0 Å². The molecule has 5 aliphatic rings. The van der Waals surface area contributed by atoms with Crippen molar-refractivity contribution in [1.29, 1.82) is 0 Å². The number of cyclic esters (lactones) is 1. The summed E-state index contributed by atoms with van der Waals surface area (Å²) in [6.45, 7) is 8.01. The van der Waals surface area contributed by atoms with Crippen LogP contribution in [0.2, 0.25) is 0 Å². The molecule has 0 radical (unpaired) electrons. The third-order valence-corrected chi connectivity index (χ3v) is 9.87. The Morgan fingerprint density at radius 3 is 2.48 bits per heavy atom. The highest BCUT2D eigenvalue weighted by molar-refractivity contribution is 5.85. The van der Waals surface area contributed by atoms with Crippen LogP contribution in [0.1, 0.15) is 72.6 Å². The van der Waals surface area contributed by atoms with Crippen molar-refractivity contribution < 1.29 is 28.6 Å². The van der Waals surface area contributed by atoms with Crippen molar-refractivity contribution in [2.45, 2.75) is 84.8 Å². The van der Waals surface area contributed by atoms with Crippen LogP contribution >= 0.6 is 0 Å². The van der Waals surface area contributed by atoms with Gasteiger partial charge in [-0.1, -0.05) is 25.5 Å². The summed E-state index contributed by atoms with van der Waals surface area (Å²) in [7, 11) is 0. The van der Waals surface area contributed by atoms with Crippen LogP contribution in [-0.4, -0.2) is 36.7 Å². The Hall–Kier alpha value is -2.11. The number of esters is 3. The summed E-state index contributed by atoms with van der Waals surface area (Å²) in [5.74, 6) is 0.858. The molecule has 0 N–H and O–H groups in total. The zero-order valence-corrected chi connectivity index (χ0v) is 20.2. The minimum absolute atomic E-state index is 0.0252. The molecule has 5 rings (SSSR count). The maximum absolute atomic E-state index is 12.2. The first kappa shape index (κ1) is 22.7. The van der Waals surface area contributed by atoms with Crippen LogP contribution in [0.15, 0.2) is 23.3 Å². The smallest absolute Gasteiger partial charge is 0.331 e. The van der Waals surface area contributed by atoms with Crippen LogP contribution in [0, 0.1) is 34.5 Å². The summed E-state index contributed by atoms with van der Waals surface area (Å²) in [5.41, 5.74) is 2.30. The molecule has 3 fully saturated rings. The van der Waals surface area contributed by atoms with E-state index < -0.39 is 0 Å². The molecule has 3 saturated carbocycles. The number of carbonyl (C=O) groups excluding carboxylic acids is 3. The second kappa shape index (κ2) is 7.99. The van der Waals surface area contributed by atoms with Gasteiger partial charge in [-0.2, -0.15) is 0 Å². The largest absolute Gasteiger partial charge is 0.463 e. The summed E-state index contributed by atoms with van der Waals surface area (Å²) in [4.78, 5) is 35.6. The molecule has 4 aliphatic carbocycles. The molecule has 0 saturated heterocycles. The maximum atomic E-state index is 12.2. The molecule has 33 heavy (non-hydrogen) atoms. The van der Waals surface area contributed by atoms with Crippen LogP contribution in [0.5, 0.6) is 0 Å². The molecule has 1 heterocycles. The lowest BCUT2D eigenvalue weighted by Crippen LogP contribution is -2.57. The number of allylic oxidation sites excluding steroid dienone is 1. The van der Waals surface area contributed by atoms with Crippen molar-refractivity contribution in [3.63, 3.8) is 0 Å². The van der Waals surface area contributed by atoms with Gasteiger partial charge in [0.25, 0.3) is 0 Å². The van der Waals surface area contributed by atoms with E-state index in [2.05, 4.69) is 19.9 Å². The van der Waals surface area contributed by atoms with E-state index in [4.69, 9.17) is 14.2 Å². The average Bonchev–Trinajstić information content (AvgIpc) is 3.31. The molecule has 180 valence electrons. The molecule has 1 aliphatic heterocycles. The third kappa shape index (κ3) is 3.55. The minimum atomic E-state index is -0.301.